The first kappa shape index (κ1) is 53.3. The molecule has 0 saturated carbocycles. The fourth-order valence-corrected chi connectivity index (χ4v) is 17.9. The van der Waals surface area contributed by atoms with Crippen molar-refractivity contribution in [3.05, 3.63) is 306 Å². The van der Waals surface area contributed by atoms with Crippen LogP contribution in [0.2, 0.25) is 0 Å². The SMILES string of the molecule is CC1(C)c2ccccc2-c2ccc3c(c21)c1ccccc1n3-c1ccc(-c2ccc3nc(-c4cccc(-n5c6ccccc6c6c7c(ccc65)-c5ccccc5C7(C)C)c4)nc(-c4cccc(-n5c6ccccc6c6c7c(ccc65)-c5ccccc5C7(C)C)c4)c3c2)cc1. The van der Waals surface area contributed by atoms with Crippen LogP contribution in [0.5, 0.6) is 0 Å². The van der Waals surface area contributed by atoms with Crippen molar-refractivity contribution in [2.75, 3.05) is 0 Å². The Morgan fingerprint density at radius 2 is 0.649 bits per heavy atom. The molecule has 444 valence electrons. The van der Waals surface area contributed by atoms with E-state index in [0.29, 0.717) is 5.82 Å². The molecule has 0 amide bonds. The Hall–Kier alpha value is -11.4. The van der Waals surface area contributed by atoms with Crippen LogP contribution in [0.1, 0.15) is 74.9 Å². The van der Waals surface area contributed by atoms with Gasteiger partial charge in [-0.15, -0.1) is 0 Å². The maximum atomic E-state index is 5.77. The Kier molecular flexibility index (Phi) is 10.7. The Morgan fingerprint density at radius 3 is 1.12 bits per heavy atom. The van der Waals surface area contributed by atoms with Crippen LogP contribution in [0.15, 0.2) is 273 Å². The zero-order chi connectivity index (χ0) is 62.7. The van der Waals surface area contributed by atoms with E-state index < -0.39 is 0 Å². The summed E-state index contributed by atoms with van der Waals surface area (Å²) >= 11 is 0. The van der Waals surface area contributed by atoms with Crippen molar-refractivity contribution < 1.29 is 0 Å². The summed E-state index contributed by atoms with van der Waals surface area (Å²) in [6.07, 6.45) is 0. The summed E-state index contributed by atoms with van der Waals surface area (Å²) in [5, 5.41) is 8.71. The zero-order valence-electron chi connectivity index (χ0n) is 53.2. The number of hydrogen-bond donors (Lipinski definition) is 0. The standard InChI is InChI=1S/C89H63N5/c1-87(2)69-31-13-7-25-59(69)62-42-46-76-79(82(62)87)65-28-10-16-34-73(65)92(76)56-40-37-52(38-41-56)53-39-45-72-68(51-53)85(54-21-19-23-57(49-54)93-74-35-17-11-29-66(74)80-77(93)47-43-63-60-26-8-14-32-70(60)88(3,4)83(63)80)91-86(90-72)55-22-20-24-58(50-55)94-75-36-18-12-30-67(75)81-78(94)48-44-64-61-27-9-15-33-71(61)89(5,6)84(64)81/h7-51H,1-6H3. The van der Waals surface area contributed by atoms with Crippen LogP contribution in [-0.4, -0.2) is 23.7 Å². The Labute approximate surface area is 545 Å². The van der Waals surface area contributed by atoms with Crippen LogP contribution in [0.4, 0.5) is 0 Å². The predicted octanol–water partition coefficient (Wildman–Crippen LogP) is 22.8. The third-order valence-corrected chi connectivity index (χ3v) is 22.0. The summed E-state index contributed by atoms with van der Waals surface area (Å²) in [7, 11) is 0. The average molecular weight is 1200 g/mol. The lowest BCUT2D eigenvalue weighted by Crippen LogP contribution is -2.15. The molecule has 0 atom stereocenters. The molecule has 13 aromatic carbocycles. The van der Waals surface area contributed by atoms with E-state index in [9.17, 15) is 0 Å². The maximum Gasteiger partial charge on any atom is 0.160 e. The third-order valence-electron chi connectivity index (χ3n) is 22.0. The van der Waals surface area contributed by atoms with Crippen molar-refractivity contribution in [2.24, 2.45) is 0 Å². The molecule has 4 aromatic heterocycles. The second kappa shape index (κ2) is 18.9. The topological polar surface area (TPSA) is 40.6 Å². The number of benzene rings is 13. The lowest BCUT2D eigenvalue weighted by atomic mass is 9.80. The fraction of sp³-hybridized carbons (Fsp3) is 0.101. The monoisotopic (exact) mass is 1200 g/mol. The van der Waals surface area contributed by atoms with E-state index in [1.54, 1.807) is 0 Å². The van der Waals surface area contributed by atoms with Gasteiger partial charge in [-0.1, -0.05) is 230 Å². The number of rotatable bonds is 6. The smallest absolute Gasteiger partial charge is 0.160 e. The number of fused-ring (bicyclic) bond motifs is 22. The molecule has 3 aliphatic carbocycles. The lowest BCUT2D eigenvalue weighted by Gasteiger charge is -2.22. The molecule has 0 radical (unpaired) electrons. The quantitative estimate of drug-likeness (QED) is 0.166. The van der Waals surface area contributed by atoms with Gasteiger partial charge in [0.1, 0.15) is 0 Å². The lowest BCUT2D eigenvalue weighted by molar-refractivity contribution is 0.666. The van der Waals surface area contributed by atoms with Gasteiger partial charge in [-0.3, -0.25) is 0 Å². The number of nitrogens with zero attached hydrogens (tertiary/aromatic N) is 5. The maximum absolute atomic E-state index is 5.77. The van der Waals surface area contributed by atoms with Crippen LogP contribution in [0.25, 0.3) is 161 Å². The van der Waals surface area contributed by atoms with Gasteiger partial charge in [-0.25, -0.2) is 9.97 Å². The summed E-state index contributed by atoms with van der Waals surface area (Å²) in [5.74, 6) is 0.670. The van der Waals surface area contributed by atoms with Crippen LogP contribution >= 0.6 is 0 Å². The second-order valence-corrected chi connectivity index (χ2v) is 28.0. The van der Waals surface area contributed by atoms with Crippen LogP contribution < -0.4 is 0 Å². The van der Waals surface area contributed by atoms with E-state index in [-0.39, 0.29) is 16.2 Å². The average Bonchev–Trinajstić information content (AvgIpc) is 1.52. The van der Waals surface area contributed by atoms with Crippen LogP contribution in [0.3, 0.4) is 0 Å². The Morgan fingerprint density at radius 1 is 0.255 bits per heavy atom. The van der Waals surface area contributed by atoms with Gasteiger partial charge in [0.25, 0.3) is 0 Å². The van der Waals surface area contributed by atoms with Crippen molar-refractivity contribution >= 4 is 76.3 Å². The first-order valence-corrected chi connectivity index (χ1v) is 33.1. The normalized spacial score (nSPS) is 14.5. The molecular weight excluding hydrogens is 1140 g/mol. The molecule has 0 spiro atoms. The minimum Gasteiger partial charge on any atom is -0.309 e. The van der Waals surface area contributed by atoms with Gasteiger partial charge in [-0.05, 0) is 163 Å². The Bertz CT molecular complexity index is 6200. The molecular formula is C89H63N5. The largest absolute Gasteiger partial charge is 0.309 e. The minimum absolute atomic E-state index is 0.147. The van der Waals surface area contributed by atoms with Gasteiger partial charge in [0.05, 0.1) is 44.3 Å². The molecule has 5 heteroatoms. The molecule has 0 unspecified atom stereocenters. The molecule has 17 aromatic rings. The highest BCUT2D eigenvalue weighted by atomic mass is 15.0. The van der Waals surface area contributed by atoms with E-state index in [4.69, 9.17) is 9.97 Å². The second-order valence-electron chi connectivity index (χ2n) is 28.0. The van der Waals surface area contributed by atoms with Crippen molar-refractivity contribution in [3.63, 3.8) is 0 Å². The molecule has 0 saturated heterocycles. The van der Waals surface area contributed by atoms with E-state index in [0.717, 1.165) is 55.9 Å². The molecule has 5 nitrogen and oxygen atoms in total. The van der Waals surface area contributed by atoms with Crippen molar-refractivity contribution in [1.82, 2.24) is 23.7 Å². The summed E-state index contributed by atoms with van der Waals surface area (Å²) in [5.41, 5.74) is 32.1. The molecule has 0 aliphatic heterocycles. The van der Waals surface area contributed by atoms with Crippen molar-refractivity contribution in [2.45, 2.75) is 57.8 Å². The minimum atomic E-state index is -0.185. The van der Waals surface area contributed by atoms with Crippen molar-refractivity contribution in [1.29, 1.82) is 0 Å². The number of aromatic nitrogens is 5. The van der Waals surface area contributed by atoms with Crippen LogP contribution in [-0.2, 0) is 16.2 Å². The number of para-hydroxylation sites is 3. The zero-order valence-corrected chi connectivity index (χ0v) is 53.2. The molecule has 4 heterocycles. The molecule has 94 heavy (non-hydrogen) atoms. The fourth-order valence-electron chi connectivity index (χ4n) is 17.9. The summed E-state index contributed by atoms with van der Waals surface area (Å²) in [6.45, 7) is 14.3. The summed E-state index contributed by atoms with van der Waals surface area (Å²) < 4.78 is 7.38. The highest BCUT2D eigenvalue weighted by Crippen LogP contribution is 2.57. The van der Waals surface area contributed by atoms with E-state index >= 15 is 0 Å². The van der Waals surface area contributed by atoms with Gasteiger partial charge in [0, 0.05) is 82.1 Å². The van der Waals surface area contributed by atoms with E-state index in [1.807, 2.05) is 0 Å². The molecule has 0 bridgehead atoms. The van der Waals surface area contributed by atoms with Gasteiger partial charge in [-0.2, -0.15) is 0 Å². The molecule has 20 rings (SSSR count). The predicted molar refractivity (Wildman–Crippen MR) is 392 cm³/mol. The van der Waals surface area contributed by atoms with Crippen molar-refractivity contribution in [3.8, 4) is 84.2 Å². The molecule has 3 aliphatic rings. The molecule has 0 fully saturated rings. The molecule has 0 N–H and O–H groups in total. The Balaban J connectivity index is 0.756. The van der Waals surface area contributed by atoms with Gasteiger partial charge >= 0.3 is 0 Å². The van der Waals surface area contributed by atoms with E-state index in [1.165, 1.54) is 132 Å². The highest BCUT2D eigenvalue weighted by molar-refractivity contribution is 6.17. The van der Waals surface area contributed by atoms with Gasteiger partial charge in [0.15, 0.2) is 5.82 Å². The van der Waals surface area contributed by atoms with Gasteiger partial charge < -0.3 is 13.7 Å². The highest BCUT2D eigenvalue weighted by Gasteiger charge is 2.41. The first-order chi connectivity index (χ1) is 45.9. The third kappa shape index (κ3) is 7.08. The summed E-state index contributed by atoms with van der Waals surface area (Å²) in [6, 6.07) is 102. The van der Waals surface area contributed by atoms with Crippen LogP contribution in [0, 0.1) is 0 Å². The van der Waals surface area contributed by atoms with Gasteiger partial charge in [0.2, 0.25) is 0 Å². The van der Waals surface area contributed by atoms with E-state index in [2.05, 4.69) is 328 Å². The first-order valence-electron chi connectivity index (χ1n) is 33.1. The number of hydrogen-bond acceptors (Lipinski definition) is 2. The summed E-state index contributed by atoms with van der Waals surface area (Å²) in [4.78, 5) is 11.3.